The minimum atomic E-state index is -1.09. The summed E-state index contributed by atoms with van der Waals surface area (Å²) in [5.41, 5.74) is 0.00661. The molecular formula is C13H18N2O4. The van der Waals surface area contributed by atoms with Gasteiger partial charge in [-0.25, -0.2) is 4.79 Å². The summed E-state index contributed by atoms with van der Waals surface area (Å²) in [5.74, 6) is -0.776. The predicted octanol–water partition coefficient (Wildman–Crippen LogP) is 1.05. The summed E-state index contributed by atoms with van der Waals surface area (Å²) < 4.78 is 5.05. The molecule has 1 aromatic rings. The zero-order chi connectivity index (χ0) is 13.8. The van der Waals surface area contributed by atoms with E-state index in [0.29, 0.717) is 19.0 Å². The lowest BCUT2D eigenvalue weighted by Crippen LogP contribution is -2.42. The van der Waals surface area contributed by atoms with E-state index in [1.165, 1.54) is 6.07 Å². The number of carboxylic acids is 1. The molecule has 6 nitrogen and oxygen atoms in total. The Kier molecular flexibility index (Phi) is 4.21. The second-order valence-corrected chi connectivity index (χ2v) is 4.82. The van der Waals surface area contributed by atoms with Crippen LogP contribution in [0.5, 0.6) is 0 Å². The highest BCUT2D eigenvalue weighted by Crippen LogP contribution is 2.19. The normalized spacial score (nSPS) is 19.4. The number of piperidine rings is 1. The van der Waals surface area contributed by atoms with Gasteiger partial charge in [-0.1, -0.05) is 0 Å². The molecule has 1 atom stereocenters. The first-order valence-corrected chi connectivity index (χ1v) is 6.37. The highest BCUT2D eigenvalue weighted by atomic mass is 16.4. The van der Waals surface area contributed by atoms with E-state index < -0.39 is 5.97 Å². The van der Waals surface area contributed by atoms with Crippen molar-refractivity contribution in [2.75, 3.05) is 26.7 Å². The Morgan fingerprint density at radius 2 is 2.37 bits per heavy atom. The van der Waals surface area contributed by atoms with Crippen LogP contribution in [0.4, 0.5) is 0 Å². The van der Waals surface area contributed by atoms with Crippen LogP contribution in [0.15, 0.2) is 16.7 Å². The van der Waals surface area contributed by atoms with E-state index in [1.807, 2.05) is 7.05 Å². The first-order chi connectivity index (χ1) is 9.11. The Labute approximate surface area is 111 Å². The van der Waals surface area contributed by atoms with Crippen LogP contribution in [0, 0.1) is 5.92 Å². The lowest BCUT2D eigenvalue weighted by molar-refractivity contribution is 0.0641. The molecule has 2 N–H and O–H groups in total. The van der Waals surface area contributed by atoms with Crippen molar-refractivity contribution < 1.29 is 19.1 Å². The van der Waals surface area contributed by atoms with Gasteiger partial charge in [0.15, 0.2) is 5.76 Å². The minimum Gasteiger partial charge on any atom is -0.478 e. The smallest absolute Gasteiger partial charge is 0.338 e. The first kappa shape index (κ1) is 13.6. The number of aromatic carboxylic acids is 1. The molecule has 1 aromatic heterocycles. The van der Waals surface area contributed by atoms with Crippen molar-refractivity contribution in [2.24, 2.45) is 5.92 Å². The zero-order valence-electron chi connectivity index (χ0n) is 10.9. The second-order valence-electron chi connectivity index (χ2n) is 4.82. The highest BCUT2D eigenvalue weighted by molar-refractivity contribution is 5.95. The highest BCUT2D eigenvalue weighted by Gasteiger charge is 2.26. The molecule has 1 aliphatic rings. The van der Waals surface area contributed by atoms with E-state index in [9.17, 15) is 9.59 Å². The third-order valence-corrected chi connectivity index (χ3v) is 3.36. The van der Waals surface area contributed by atoms with E-state index in [1.54, 1.807) is 4.90 Å². The zero-order valence-corrected chi connectivity index (χ0v) is 10.9. The van der Waals surface area contributed by atoms with Crippen LogP contribution in [0.2, 0.25) is 0 Å². The Balaban J connectivity index is 2.03. The van der Waals surface area contributed by atoms with Gasteiger partial charge in [0.25, 0.3) is 5.91 Å². The number of carbonyl (C=O) groups is 2. The molecule has 2 heterocycles. The summed E-state index contributed by atoms with van der Waals surface area (Å²) in [7, 11) is 1.90. The van der Waals surface area contributed by atoms with Gasteiger partial charge in [-0.2, -0.15) is 0 Å². The van der Waals surface area contributed by atoms with Crippen molar-refractivity contribution in [3.63, 3.8) is 0 Å². The fourth-order valence-corrected chi connectivity index (χ4v) is 2.42. The van der Waals surface area contributed by atoms with Crippen LogP contribution in [0.1, 0.15) is 33.8 Å². The molecule has 0 spiro atoms. The molecule has 0 bridgehead atoms. The molecule has 19 heavy (non-hydrogen) atoms. The summed E-state index contributed by atoms with van der Waals surface area (Å²) in [6.07, 6.45) is 3.17. The SMILES string of the molecule is CNCC1CCCN(C(=O)c2cc(C(=O)O)co2)C1. The summed E-state index contributed by atoms with van der Waals surface area (Å²) in [6, 6.07) is 1.28. The number of amides is 1. The summed E-state index contributed by atoms with van der Waals surface area (Å²) in [5, 5.41) is 11.9. The van der Waals surface area contributed by atoms with Gasteiger partial charge in [0.1, 0.15) is 6.26 Å². The molecule has 1 fully saturated rings. The van der Waals surface area contributed by atoms with Crippen molar-refractivity contribution in [3.8, 4) is 0 Å². The van der Waals surface area contributed by atoms with E-state index >= 15 is 0 Å². The van der Waals surface area contributed by atoms with Gasteiger partial charge >= 0.3 is 5.97 Å². The largest absolute Gasteiger partial charge is 0.478 e. The van der Waals surface area contributed by atoms with Crippen LogP contribution in [0.3, 0.4) is 0 Å². The topological polar surface area (TPSA) is 82.8 Å². The quantitative estimate of drug-likeness (QED) is 0.851. The minimum absolute atomic E-state index is 0.00661. The van der Waals surface area contributed by atoms with Crippen LogP contribution >= 0.6 is 0 Å². The third kappa shape index (κ3) is 3.14. The maximum absolute atomic E-state index is 12.2. The van der Waals surface area contributed by atoms with Gasteiger partial charge in [0.2, 0.25) is 0 Å². The van der Waals surface area contributed by atoms with Crippen LogP contribution < -0.4 is 5.32 Å². The lowest BCUT2D eigenvalue weighted by atomic mass is 9.98. The molecule has 0 radical (unpaired) electrons. The van der Waals surface area contributed by atoms with E-state index in [2.05, 4.69) is 5.32 Å². The van der Waals surface area contributed by atoms with Crippen molar-refractivity contribution in [1.29, 1.82) is 0 Å². The Morgan fingerprint density at radius 1 is 1.58 bits per heavy atom. The Morgan fingerprint density at radius 3 is 3.00 bits per heavy atom. The van der Waals surface area contributed by atoms with Gasteiger partial charge in [-0.15, -0.1) is 0 Å². The number of rotatable bonds is 4. The van der Waals surface area contributed by atoms with E-state index in [0.717, 1.165) is 25.6 Å². The van der Waals surface area contributed by atoms with E-state index in [-0.39, 0.29) is 17.2 Å². The number of hydrogen-bond donors (Lipinski definition) is 2. The molecule has 1 saturated heterocycles. The molecule has 1 amide bonds. The number of carboxylic acid groups (broad SMARTS) is 1. The van der Waals surface area contributed by atoms with Crippen LogP contribution in [-0.2, 0) is 0 Å². The van der Waals surface area contributed by atoms with Crippen molar-refractivity contribution in [2.45, 2.75) is 12.8 Å². The summed E-state index contributed by atoms with van der Waals surface area (Å²) in [4.78, 5) is 24.7. The number of furan rings is 1. The van der Waals surface area contributed by atoms with Crippen LogP contribution in [-0.4, -0.2) is 48.6 Å². The maximum atomic E-state index is 12.2. The number of hydrogen-bond acceptors (Lipinski definition) is 4. The lowest BCUT2D eigenvalue weighted by Gasteiger charge is -2.32. The molecule has 1 unspecified atom stereocenters. The molecule has 0 aliphatic carbocycles. The number of nitrogens with one attached hydrogen (secondary N) is 1. The molecule has 6 heteroatoms. The van der Waals surface area contributed by atoms with Gasteiger partial charge in [-0.05, 0) is 32.4 Å². The molecule has 2 rings (SSSR count). The number of likely N-dealkylation sites (tertiary alicyclic amines) is 1. The van der Waals surface area contributed by atoms with Gasteiger partial charge in [-0.3, -0.25) is 4.79 Å². The van der Waals surface area contributed by atoms with Gasteiger partial charge < -0.3 is 19.7 Å². The standard InChI is InChI=1S/C13H18N2O4/c1-14-6-9-3-2-4-15(7-9)12(16)11-5-10(8-19-11)13(17)18/h5,8-9,14H,2-4,6-7H2,1H3,(H,17,18). The Bertz CT molecular complexity index is 467. The fourth-order valence-electron chi connectivity index (χ4n) is 2.42. The molecular weight excluding hydrogens is 248 g/mol. The fraction of sp³-hybridized carbons (Fsp3) is 0.538. The maximum Gasteiger partial charge on any atom is 0.338 e. The first-order valence-electron chi connectivity index (χ1n) is 6.37. The third-order valence-electron chi connectivity index (χ3n) is 3.36. The molecule has 1 aliphatic heterocycles. The summed E-state index contributed by atoms with van der Waals surface area (Å²) in [6.45, 7) is 2.26. The average Bonchev–Trinajstić information content (AvgIpc) is 2.88. The molecule has 104 valence electrons. The van der Waals surface area contributed by atoms with Crippen LogP contribution in [0.25, 0.3) is 0 Å². The Hall–Kier alpha value is -1.82. The molecule has 0 aromatic carbocycles. The van der Waals surface area contributed by atoms with E-state index in [4.69, 9.17) is 9.52 Å². The second kappa shape index (κ2) is 5.88. The monoisotopic (exact) mass is 266 g/mol. The van der Waals surface area contributed by atoms with Crippen molar-refractivity contribution in [3.05, 3.63) is 23.7 Å². The summed E-state index contributed by atoms with van der Waals surface area (Å²) >= 11 is 0. The van der Waals surface area contributed by atoms with Crippen molar-refractivity contribution in [1.82, 2.24) is 10.2 Å². The average molecular weight is 266 g/mol. The van der Waals surface area contributed by atoms with Gasteiger partial charge in [0, 0.05) is 19.2 Å². The number of carbonyl (C=O) groups excluding carboxylic acids is 1. The van der Waals surface area contributed by atoms with Gasteiger partial charge in [0.05, 0.1) is 5.56 Å². The van der Waals surface area contributed by atoms with Crippen molar-refractivity contribution >= 4 is 11.9 Å². The number of nitrogens with zero attached hydrogens (tertiary/aromatic N) is 1. The molecule has 0 saturated carbocycles. The predicted molar refractivity (Wildman–Crippen MR) is 68.2 cm³/mol.